The molecule has 24 heavy (non-hydrogen) atoms. The average Bonchev–Trinajstić information content (AvgIpc) is 2.82. The van der Waals surface area contributed by atoms with Crippen molar-refractivity contribution in [2.75, 3.05) is 0 Å². The first-order chi connectivity index (χ1) is 11.5. The number of nitriles is 1. The normalized spacial score (nSPS) is 12.8. The first-order valence-electron chi connectivity index (χ1n) is 6.89. The van der Waals surface area contributed by atoms with Gasteiger partial charge in [0.2, 0.25) is 0 Å². The van der Waals surface area contributed by atoms with Crippen LogP contribution in [0.15, 0.2) is 42.5 Å². The molecule has 2 aromatic rings. The van der Waals surface area contributed by atoms with E-state index in [2.05, 4.69) is 0 Å². The van der Waals surface area contributed by atoms with Crippen molar-refractivity contribution in [1.29, 1.82) is 5.26 Å². The van der Waals surface area contributed by atoms with Gasteiger partial charge in [0.15, 0.2) is 0 Å². The van der Waals surface area contributed by atoms with Crippen molar-refractivity contribution in [3.63, 3.8) is 0 Å². The monoisotopic (exact) mass is 324 g/mol. The second-order valence-electron chi connectivity index (χ2n) is 4.97. The molecule has 0 aromatic heterocycles. The van der Waals surface area contributed by atoms with Gasteiger partial charge in [-0.2, -0.15) is 5.26 Å². The maximum absolute atomic E-state index is 13.8. The second kappa shape index (κ2) is 5.93. The van der Waals surface area contributed by atoms with Gasteiger partial charge in [0, 0.05) is 5.56 Å². The molecule has 118 valence electrons. The first kappa shape index (κ1) is 15.4. The van der Waals surface area contributed by atoms with Gasteiger partial charge in [0.25, 0.3) is 11.8 Å². The zero-order chi connectivity index (χ0) is 17.3. The van der Waals surface area contributed by atoms with Gasteiger partial charge in [-0.05, 0) is 24.3 Å². The van der Waals surface area contributed by atoms with E-state index in [1.807, 2.05) is 0 Å². The molecule has 0 fully saturated rings. The molecule has 6 nitrogen and oxygen atoms in total. The number of hydrogen-bond donors (Lipinski definition) is 0. The SMILES string of the molecule is N#Cc1cccc(F)c1CC(=O)ON1C(=O)c2ccccc2C1=O. The summed E-state index contributed by atoms with van der Waals surface area (Å²) in [5.74, 6) is -3.30. The largest absolute Gasteiger partial charge is 0.337 e. The lowest BCUT2D eigenvalue weighted by Crippen LogP contribution is -2.33. The molecule has 0 atom stereocenters. The summed E-state index contributed by atoms with van der Waals surface area (Å²) in [6, 6.07) is 11.6. The van der Waals surface area contributed by atoms with Gasteiger partial charge in [0.1, 0.15) is 5.82 Å². The number of halogens is 1. The molecule has 2 aromatic carbocycles. The molecule has 7 heteroatoms. The van der Waals surface area contributed by atoms with Crippen LogP contribution in [0.25, 0.3) is 0 Å². The number of fused-ring (bicyclic) bond motifs is 1. The van der Waals surface area contributed by atoms with Crippen LogP contribution in [0.4, 0.5) is 4.39 Å². The molecule has 3 rings (SSSR count). The number of carbonyl (C=O) groups is 3. The maximum Gasteiger partial charge on any atom is 0.337 e. The van der Waals surface area contributed by atoms with Crippen molar-refractivity contribution >= 4 is 17.8 Å². The van der Waals surface area contributed by atoms with Crippen LogP contribution >= 0.6 is 0 Å². The van der Waals surface area contributed by atoms with Crippen molar-refractivity contribution < 1.29 is 23.6 Å². The smallest absolute Gasteiger partial charge is 0.329 e. The summed E-state index contributed by atoms with van der Waals surface area (Å²) in [6.07, 6.45) is -0.580. The van der Waals surface area contributed by atoms with Crippen LogP contribution in [0.2, 0.25) is 0 Å². The summed E-state index contributed by atoms with van der Waals surface area (Å²) < 4.78 is 13.8. The Kier molecular flexibility index (Phi) is 3.80. The summed E-state index contributed by atoms with van der Waals surface area (Å²) in [5.41, 5.74) is 0.0775. The summed E-state index contributed by atoms with van der Waals surface area (Å²) in [5, 5.41) is 9.30. The van der Waals surface area contributed by atoms with Crippen LogP contribution in [0.1, 0.15) is 31.8 Å². The molecule has 2 amide bonds. The molecule has 0 saturated carbocycles. The van der Waals surface area contributed by atoms with Crippen LogP contribution in [0.5, 0.6) is 0 Å². The summed E-state index contributed by atoms with van der Waals surface area (Å²) in [7, 11) is 0. The molecule has 0 N–H and O–H groups in total. The minimum Gasteiger partial charge on any atom is -0.329 e. The van der Waals surface area contributed by atoms with Crippen molar-refractivity contribution in [3.05, 3.63) is 70.5 Å². The minimum absolute atomic E-state index is 0.0192. The fourth-order valence-electron chi connectivity index (χ4n) is 2.37. The second-order valence-corrected chi connectivity index (χ2v) is 4.97. The van der Waals surface area contributed by atoms with Gasteiger partial charge in [-0.15, -0.1) is 0 Å². The highest BCUT2D eigenvalue weighted by Crippen LogP contribution is 2.23. The Labute approximate surface area is 135 Å². The predicted octanol–water partition coefficient (Wildman–Crippen LogP) is 1.99. The quantitative estimate of drug-likeness (QED) is 0.806. The van der Waals surface area contributed by atoms with E-state index in [-0.39, 0.29) is 22.3 Å². The number of hydroxylamine groups is 2. The zero-order valence-electron chi connectivity index (χ0n) is 12.2. The standard InChI is InChI=1S/C17H9FN2O4/c18-14-7-3-4-10(9-19)13(14)8-15(21)24-20-16(22)11-5-1-2-6-12(11)17(20)23/h1-7H,8H2. The number of imide groups is 1. The number of hydrogen-bond acceptors (Lipinski definition) is 5. The van der Waals surface area contributed by atoms with Gasteiger partial charge in [0.05, 0.1) is 29.2 Å². The Balaban J connectivity index is 1.79. The number of benzene rings is 2. The van der Waals surface area contributed by atoms with Gasteiger partial charge in [-0.1, -0.05) is 23.3 Å². The van der Waals surface area contributed by atoms with Crippen molar-refractivity contribution in [3.8, 4) is 6.07 Å². The predicted molar refractivity (Wildman–Crippen MR) is 77.9 cm³/mol. The number of nitrogens with zero attached hydrogens (tertiary/aromatic N) is 2. The third kappa shape index (κ3) is 2.50. The molecule has 0 unspecified atom stereocenters. The number of amides is 2. The van der Waals surface area contributed by atoms with E-state index in [1.54, 1.807) is 18.2 Å². The third-order valence-corrected chi connectivity index (χ3v) is 3.51. The molecular formula is C17H9FN2O4. The van der Waals surface area contributed by atoms with E-state index in [4.69, 9.17) is 10.1 Å². The third-order valence-electron chi connectivity index (χ3n) is 3.51. The van der Waals surface area contributed by atoms with Crippen molar-refractivity contribution in [2.24, 2.45) is 0 Å². The van der Waals surface area contributed by atoms with Gasteiger partial charge >= 0.3 is 5.97 Å². The molecule has 0 bridgehead atoms. The van der Waals surface area contributed by atoms with Gasteiger partial charge < -0.3 is 4.84 Å². The Hall–Kier alpha value is -3.53. The first-order valence-corrected chi connectivity index (χ1v) is 6.89. The molecule has 0 aliphatic carbocycles. The Morgan fingerprint density at radius 2 is 1.71 bits per heavy atom. The van der Waals surface area contributed by atoms with E-state index in [0.717, 1.165) is 6.07 Å². The van der Waals surface area contributed by atoms with E-state index in [0.29, 0.717) is 5.06 Å². The van der Waals surface area contributed by atoms with Crippen molar-refractivity contribution in [1.82, 2.24) is 5.06 Å². The summed E-state index contributed by atoms with van der Waals surface area (Å²) in [4.78, 5) is 41.0. The van der Waals surface area contributed by atoms with E-state index in [1.165, 1.54) is 24.3 Å². The number of carbonyl (C=O) groups excluding carboxylic acids is 3. The Morgan fingerprint density at radius 3 is 2.29 bits per heavy atom. The number of rotatable bonds is 3. The van der Waals surface area contributed by atoms with Crippen LogP contribution in [-0.2, 0) is 16.1 Å². The molecule has 0 radical (unpaired) electrons. The zero-order valence-corrected chi connectivity index (χ0v) is 12.2. The molecular weight excluding hydrogens is 315 g/mol. The fourth-order valence-corrected chi connectivity index (χ4v) is 2.37. The van der Waals surface area contributed by atoms with Crippen LogP contribution in [-0.4, -0.2) is 22.8 Å². The molecule has 1 aliphatic heterocycles. The Morgan fingerprint density at radius 1 is 1.08 bits per heavy atom. The molecule has 1 aliphatic rings. The molecule has 0 saturated heterocycles. The average molecular weight is 324 g/mol. The van der Waals surface area contributed by atoms with E-state index >= 15 is 0 Å². The van der Waals surface area contributed by atoms with E-state index < -0.39 is 30.0 Å². The van der Waals surface area contributed by atoms with Crippen molar-refractivity contribution in [2.45, 2.75) is 6.42 Å². The lowest BCUT2D eigenvalue weighted by Gasteiger charge is -2.13. The fraction of sp³-hybridized carbons (Fsp3) is 0.0588. The molecule has 1 heterocycles. The Bertz CT molecular complexity index is 882. The van der Waals surface area contributed by atoms with E-state index in [9.17, 15) is 18.8 Å². The minimum atomic E-state index is -1.02. The molecule has 0 spiro atoms. The van der Waals surface area contributed by atoms with Gasteiger partial charge in [-0.3, -0.25) is 9.59 Å². The summed E-state index contributed by atoms with van der Waals surface area (Å²) in [6.45, 7) is 0. The highest BCUT2D eigenvalue weighted by molar-refractivity contribution is 6.20. The van der Waals surface area contributed by atoms with Gasteiger partial charge in [-0.25, -0.2) is 9.18 Å². The lowest BCUT2D eigenvalue weighted by molar-refractivity contribution is -0.167. The topological polar surface area (TPSA) is 87.5 Å². The highest BCUT2D eigenvalue weighted by Gasteiger charge is 2.38. The maximum atomic E-state index is 13.8. The highest BCUT2D eigenvalue weighted by atomic mass is 19.1. The van der Waals surface area contributed by atoms with Crippen LogP contribution < -0.4 is 0 Å². The van der Waals surface area contributed by atoms with Crippen LogP contribution in [0, 0.1) is 17.1 Å². The lowest BCUT2D eigenvalue weighted by atomic mass is 10.1. The van der Waals surface area contributed by atoms with Crippen LogP contribution in [0.3, 0.4) is 0 Å². The summed E-state index contributed by atoms with van der Waals surface area (Å²) >= 11 is 0.